The first-order chi connectivity index (χ1) is 19.2. The Balaban J connectivity index is 1.51. The Morgan fingerprint density at radius 2 is 1.75 bits per heavy atom. The second kappa shape index (κ2) is 11.2. The molecule has 40 heavy (non-hydrogen) atoms. The Bertz CT molecular complexity index is 1650. The number of carbonyl (C=O) groups excluding carboxylic acids is 1. The van der Waals surface area contributed by atoms with Crippen LogP contribution < -0.4 is 5.32 Å². The second-order valence-electron chi connectivity index (χ2n) is 8.93. The van der Waals surface area contributed by atoms with Gasteiger partial charge in [0.1, 0.15) is 35.2 Å². The maximum atomic E-state index is 14.0. The molecule has 5 aromatic rings. The van der Waals surface area contributed by atoms with E-state index in [9.17, 15) is 31.1 Å². The van der Waals surface area contributed by atoms with Crippen molar-refractivity contribution in [2.45, 2.75) is 31.9 Å². The van der Waals surface area contributed by atoms with E-state index in [-0.39, 0.29) is 12.0 Å². The van der Waals surface area contributed by atoms with Crippen molar-refractivity contribution in [3.63, 3.8) is 0 Å². The van der Waals surface area contributed by atoms with Gasteiger partial charge >= 0.3 is 0 Å². The summed E-state index contributed by atoms with van der Waals surface area (Å²) in [5.74, 6) is -2.52. The molecule has 1 unspecified atom stereocenters. The molecule has 0 bridgehead atoms. The predicted molar refractivity (Wildman–Crippen MR) is 132 cm³/mol. The van der Waals surface area contributed by atoms with E-state index in [1.807, 2.05) is 12.1 Å². The minimum absolute atomic E-state index is 0.132. The first-order valence-electron chi connectivity index (χ1n) is 11.9. The van der Waals surface area contributed by atoms with Crippen LogP contribution in [0.5, 0.6) is 0 Å². The molecule has 4 heterocycles. The van der Waals surface area contributed by atoms with Crippen LogP contribution >= 0.6 is 0 Å². The number of rotatable bonds is 9. The van der Waals surface area contributed by atoms with Gasteiger partial charge in [-0.25, -0.2) is 31.3 Å². The summed E-state index contributed by atoms with van der Waals surface area (Å²) in [6, 6.07) is 9.45. The van der Waals surface area contributed by atoms with Gasteiger partial charge in [-0.1, -0.05) is 6.07 Å². The van der Waals surface area contributed by atoms with E-state index < -0.39 is 54.4 Å². The zero-order chi connectivity index (χ0) is 28.4. The molecule has 5 rings (SSSR count). The normalized spacial score (nSPS) is 12.4. The quantitative estimate of drug-likeness (QED) is 0.215. The zero-order valence-electron chi connectivity index (χ0n) is 20.5. The number of aromatic nitrogens is 5. The van der Waals surface area contributed by atoms with Gasteiger partial charge in [0.15, 0.2) is 0 Å². The number of hydrogen-bond donors (Lipinski definition) is 2. The summed E-state index contributed by atoms with van der Waals surface area (Å²) in [6.45, 7) is -0.806. The number of halogens is 6. The first kappa shape index (κ1) is 26.9. The molecule has 2 N–H and O–H groups in total. The molecule has 0 aliphatic heterocycles. The van der Waals surface area contributed by atoms with Crippen molar-refractivity contribution in [2.24, 2.45) is 0 Å². The van der Waals surface area contributed by atoms with Crippen molar-refractivity contribution in [1.82, 2.24) is 30.0 Å². The number of pyridine rings is 2. The smallest absolute Gasteiger partial charge is 0.282 e. The minimum Gasteiger partial charge on any atom is -0.346 e. The molecule has 206 valence electrons. The molecule has 0 saturated heterocycles. The third kappa shape index (κ3) is 5.82. The first-order valence-corrected chi connectivity index (χ1v) is 11.9. The van der Waals surface area contributed by atoms with Gasteiger partial charge in [0.25, 0.3) is 12.9 Å². The van der Waals surface area contributed by atoms with Gasteiger partial charge in [-0.3, -0.25) is 14.5 Å². The number of carbonyl (C=O) groups is 1. The number of nitrogens with one attached hydrogen (secondary N) is 2. The van der Waals surface area contributed by atoms with E-state index in [4.69, 9.17) is 0 Å². The van der Waals surface area contributed by atoms with Crippen LogP contribution in [0.4, 0.5) is 26.3 Å². The topological polar surface area (TPSA) is 88.5 Å². The molecule has 1 amide bonds. The summed E-state index contributed by atoms with van der Waals surface area (Å²) < 4.78 is 81.5. The average Bonchev–Trinajstić information content (AvgIpc) is 3.54. The number of H-pyrrole nitrogens is 1. The summed E-state index contributed by atoms with van der Waals surface area (Å²) >= 11 is 0. The Hall–Kier alpha value is -4.68. The molecular formula is C27H20F6N6O. The number of benzene rings is 1. The number of hydrogen-bond acceptors (Lipinski definition) is 4. The van der Waals surface area contributed by atoms with Crippen LogP contribution in [0.15, 0.2) is 67.1 Å². The largest absolute Gasteiger partial charge is 0.346 e. The molecule has 7 nitrogen and oxygen atoms in total. The highest BCUT2D eigenvalue weighted by atomic mass is 19.3. The summed E-state index contributed by atoms with van der Waals surface area (Å²) in [5.41, 5.74) is 0.576. The maximum absolute atomic E-state index is 14.0. The van der Waals surface area contributed by atoms with Crippen LogP contribution in [0.2, 0.25) is 0 Å². The highest BCUT2D eigenvalue weighted by Gasteiger charge is 2.25. The van der Waals surface area contributed by atoms with Crippen molar-refractivity contribution in [1.29, 1.82) is 0 Å². The molecule has 0 fully saturated rings. The molecule has 0 aliphatic carbocycles. The van der Waals surface area contributed by atoms with Crippen molar-refractivity contribution < 1.29 is 31.1 Å². The third-order valence-corrected chi connectivity index (χ3v) is 6.15. The standard InChI is InChI=1S/C27H20F6N6O/c28-17-6-14(7-18(29)10-17)8-20(37-23(40)13-39-22(26(32)33)11-21(38-39)25(30)31)24-19(2-1-4-34-24)16-9-15-3-5-35-27(15)36-12-16/h1-7,9-12,20,25-26H,8,13H2,(H,35,36)(H,37,40). The van der Waals surface area contributed by atoms with Crippen LogP contribution in [-0.2, 0) is 17.8 Å². The monoisotopic (exact) mass is 558 g/mol. The van der Waals surface area contributed by atoms with Crippen LogP contribution in [0, 0.1) is 11.6 Å². The van der Waals surface area contributed by atoms with Gasteiger partial charge < -0.3 is 10.3 Å². The number of nitrogens with zero attached hydrogens (tertiary/aromatic N) is 4. The van der Waals surface area contributed by atoms with Gasteiger partial charge in [0, 0.05) is 41.2 Å². The van der Waals surface area contributed by atoms with Crippen molar-refractivity contribution in [3.05, 3.63) is 101 Å². The van der Waals surface area contributed by atoms with E-state index in [0.29, 0.717) is 39.3 Å². The maximum Gasteiger partial charge on any atom is 0.282 e. The fraction of sp³-hybridized carbons (Fsp3) is 0.185. The van der Waals surface area contributed by atoms with E-state index in [1.54, 1.807) is 24.5 Å². The molecule has 1 aromatic carbocycles. The fourth-order valence-corrected chi connectivity index (χ4v) is 4.44. The summed E-state index contributed by atoms with van der Waals surface area (Å²) in [4.78, 5) is 24.8. The lowest BCUT2D eigenvalue weighted by Gasteiger charge is -2.22. The number of amides is 1. The van der Waals surface area contributed by atoms with Gasteiger partial charge in [-0.05, 0) is 48.4 Å². The lowest BCUT2D eigenvalue weighted by molar-refractivity contribution is -0.122. The highest BCUT2D eigenvalue weighted by molar-refractivity contribution is 5.82. The van der Waals surface area contributed by atoms with Gasteiger partial charge in [0.05, 0.1) is 11.7 Å². The predicted octanol–water partition coefficient (Wildman–Crippen LogP) is 6.08. The summed E-state index contributed by atoms with van der Waals surface area (Å²) in [5, 5.41) is 6.90. The molecule has 13 heteroatoms. The minimum atomic E-state index is -3.16. The lowest BCUT2D eigenvalue weighted by Crippen LogP contribution is -2.34. The molecule has 0 aliphatic rings. The molecule has 0 radical (unpaired) electrons. The number of fused-ring (bicyclic) bond motifs is 1. The summed E-state index contributed by atoms with van der Waals surface area (Å²) in [6.07, 6.45) is -1.63. The number of aromatic amines is 1. The van der Waals surface area contributed by atoms with E-state index in [1.165, 1.54) is 6.20 Å². The summed E-state index contributed by atoms with van der Waals surface area (Å²) in [7, 11) is 0. The zero-order valence-corrected chi connectivity index (χ0v) is 20.5. The van der Waals surface area contributed by atoms with Crippen molar-refractivity contribution >= 4 is 16.9 Å². The molecule has 0 saturated carbocycles. The average molecular weight is 558 g/mol. The Morgan fingerprint density at radius 1 is 0.975 bits per heavy atom. The van der Waals surface area contributed by atoms with E-state index >= 15 is 0 Å². The molecule has 0 spiro atoms. The van der Waals surface area contributed by atoms with E-state index in [2.05, 4.69) is 25.4 Å². The van der Waals surface area contributed by atoms with Gasteiger partial charge in [-0.15, -0.1) is 0 Å². The molecule has 1 atom stereocenters. The van der Waals surface area contributed by atoms with Gasteiger partial charge in [-0.2, -0.15) is 5.10 Å². The van der Waals surface area contributed by atoms with Gasteiger partial charge in [0.2, 0.25) is 5.91 Å². The Kier molecular flexibility index (Phi) is 7.54. The van der Waals surface area contributed by atoms with Crippen molar-refractivity contribution in [3.8, 4) is 11.1 Å². The van der Waals surface area contributed by atoms with Crippen LogP contribution in [0.3, 0.4) is 0 Å². The second-order valence-corrected chi connectivity index (χ2v) is 8.93. The lowest BCUT2D eigenvalue weighted by atomic mass is 9.95. The molecule has 4 aromatic heterocycles. The highest BCUT2D eigenvalue weighted by Crippen LogP contribution is 2.31. The Morgan fingerprint density at radius 3 is 2.48 bits per heavy atom. The Labute approximate surface area is 222 Å². The number of alkyl halides is 4. The van der Waals surface area contributed by atoms with E-state index in [0.717, 1.165) is 17.5 Å². The van der Waals surface area contributed by atoms with Crippen molar-refractivity contribution in [2.75, 3.05) is 0 Å². The molecular weight excluding hydrogens is 538 g/mol. The SMILES string of the molecule is O=C(Cn1nc(C(F)F)cc1C(F)F)NC(Cc1cc(F)cc(F)c1)c1ncccc1-c1cnc2[nH]ccc2c1. The fourth-order valence-electron chi connectivity index (χ4n) is 4.44. The van der Waals surface area contributed by atoms with Crippen LogP contribution in [-0.4, -0.2) is 30.6 Å². The van der Waals surface area contributed by atoms with Crippen LogP contribution in [0.1, 0.15) is 41.5 Å². The van der Waals surface area contributed by atoms with Crippen LogP contribution in [0.25, 0.3) is 22.2 Å². The third-order valence-electron chi connectivity index (χ3n) is 6.15.